The summed E-state index contributed by atoms with van der Waals surface area (Å²) in [6.45, 7) is 1.80. The van der Waals surface area contributed by atoms with Gasteiger partial charge in [0.05, 0.1) is 12.8 Å². The molecule has 0 radical (unpaired) electrons. The van der Waals surface area contributed by atoms with Crippen molar-refractivity contribution >= 4 is 11.9 Å². The van der Waals surface area contributed by atoms with Gasteiger partial charge in [0.25, 0.3) is 0 Å². The third-order valence-electron chi connectivity index (χ3n) is 2.84. The summed E-state index contributed by atoms with van der Waals surface area (Å²) in [6, 6.07) is 5.85. The Balaban J connectivity index is 2.33. The van der Waals surface area contributed by atoms with E-state index in [2.05, 4.69) is 4.74 Å². The van der Waals surface area contributed by atoms with Gasteiger partial charge in [-0.25, -0.2) is 4.39 Å². The molecule has 1 aliphatic heterocycles. The Bertz CT molecular complexity index is 420. The fourth-order valence-corrected chi connectivity index (χ4v) is 1.96. The lowest BCUT2D eigenvalue weighted by Gasteiger charge is -2.31. The summed E-state index contributed by atoms with van der Waals surface area (Å²) < 4.78 is 17.2. The fraction of sp³-hybridized carbons (Fsp3) is 0.333. The van der Waals surface area contributed by atoms with Crippen molar-refractivity contribution in [2.45, 2.75) is 25.2 Å². The van der Waals surface area contributed by atoms with Crippen LogP contribution in [0.15, 0.2) is 24.3 Å². The minimum absolute atomic E-state index is 0.143. The van der Waals surface area contributed by atoms with Crippen LogP contribution in [0.4, 0.5) is 4.39 Å². The lowest BCUT2D eigenvalue weighted by atomic mass is 9.76. The molecule has 16 heavy (non-hydrogen) atoms. The third-order valence-corrected chi connectivity index (χ3v) is 2.84. The zero-order valence-corrected chi connectivity index (χ0v) is 8.83. The molecule has 1 aliphatic rings. The summed E-state index contributed by atoms with van der Waals surface area (Å²) in [5.41, 5.74) is 0.194. The van der Waals surface area contributed by atoms with E-state index in [-0.39, 0.29) is 18.7 Å². The summed E-state index contributed by atoms with van der Waals surface area (Å²) in [4.78, 5) is 22.4. The molecule has 0 aliphatic carbocycles. The van der Waals surface area contributed by atoms with Gasteiger partial charge in [-0.2, -0.15) is 0 Å². The van der Waals surface area contributed by atoms with Crippen LogP contribution in [-0.4, -0.2) is 11.9 Å². The summed E-state index contributed by atoms with van der Waals surface area (Å²) in [5, 5.41) is 0. The van der Waals surface area contributed by atoms with E-state index in [4.69, 9.17) is 0 Å². The second-order valence-corrected chi connectivity index (χ2v) is 4.27. The minimum Gasteiger partial charge on any atom is -0.393 e. The molecule has 1 fully saturated rings. The molecule has 0 unspecified atom stereocenters. The molecule has 4 heteroatoms. The first-order chi connectivity index (χ1) is 7.49. The normalized spacial score (nSPS) is 19.4. The smallest absolute Gasteiger partial charge is 0.314 e. The number of hydrogen-bond donors (Lipinski definition) is 0. The largest absolute Gasteiger partial charge is 0.393 e. The highest BCUT2D eigenvalue weighted by atomic mass is 19.1. The Morgan fingerprint density at radius 1 is 1.12 bits per heavy atom. The molecule has 0 atom stereocenters. The maximum Gasteiger partial charge on any atom is 0.314 e. The molecule has 0 saturated carbocycles. The van der Waals surface area contributed by atoms with Crippen LogP contribution in [0, 0.1) is 5.82 Å². The van der Waals surface area contributed by atoms with E-state index in [1.165, 1.54) is 12.1 Å². The highest BCUT2D eigenvalue weighted by molar-refractivity contribution is 5.90. The van der Waals surface area contributed by atoms with Gasteiger partial charge < -0.3 is 4.74 Å². The van der Waals surface area contributed by atoms with E-state index in [0.717, 1.165) is 5.56 Å². The standard InChI is InChI=1S/C12H11FO3/c1-12(6-10(14)16-11(15)7-12)8-2-4-9(13)5-3-8/h2-5H,6-7H2,1H3. The summed E-state index contributed by atoms with van der Waals surface area (Å²) in [7, 11) is 0. The zero-order chi connectivity index (χ0) is 11.8. The maximum atomic E-state index is 12.8. The number of esters is 2. The van der Waals surface area contributed by atoms with E-state index in [9.17, 15) is 14.0 Å². The molecule has 0 amide bonds. The van der Waals surface area contributed by atoms with Crippen molar-refractivity contribution in [1.82, 2.24) is 0 Å². The summed E-state index contributed by atoms with van der Waals surface area (Å²) in [5.74, 6) is -1.39. The van der Waals surface area contributed by atoms with Crippen LogP contribution >= 0.6 is 0 Å². The van der Waals surface area contributed by atoms with Crippen molar-refractivity contribution in [2.24, 2.45) is 0 Å². The molecule has 0 aromatic heterocycles. The van der Waals surface area contributed by atoms with Crippen molar-refractivity contribution in [3.63, 3.8) is 0 Å². The lowest BCUT2D eigenvalue weighted by molar-refractivity contribution is -0.166. The molecule has 0 bridgehead atoms. The van der Waals surface area contributed by atoms with Crippen LogP contribution < -0.4 is 0 Å². The van der Waals surface area contributed by atoms with Gasteiger partial charge in [-0.15, -0.1) is 0 Å². The molecule has 0 N–H and O–H groups in total. The van der Waals surface area contributed by atoms with E-state index in [1.54, 1.807) is 19.1 Å². The molecular formula is C12H11FO3. The van der Waals surface area contributed by atoms with Gasteiger partial charge in [0.15, 0.2) is 0 Å². The molecule has 2 rings (SSSR count). The molecule has 3 nitrogen and oxygen atoms in total. The predicted octanol–water partition coefficient (Wildman–Crippen LogP) is 1.95. The van der Waals surface area contributed by atoms with E-state index < -0.39 is 17.4 Å². The minimum atomic E-state index is -0.583. The average molecular weight is 222 g/mol. The topological polar surface area (TPSA) is 43.4 Å². The number of halogens is 1. The van der Waals surface area contributed by atoms with Gasteiger partial charge in [0.1, 0.15) is 5.82 Å². The second kappa shape index (κ2) is 3.70. The predicted molar refractivity (Wildman–Crippen MR) is 54.1 cm³/mol. The van der Waals surface area contributed by atoms with Crippen LogP contribution in [0.2, 0.25) is 0 Å². The van der Waals surface area contributed by atoms with E-state index in [1.807, 2.05) is 0 Å². The van der Waals surface area contributed by atoms with Gasteiger partial charge in [0.2, 0.25) is 0 Å². The lowest BCUT2D eigenvalue weighted by Crippen LogP contribution is -2.36. The first-order valence-electron chi connectivity index (χ1n) is 4.99. The number of carbonyl (C=O) groups is 2. The number of cyclic esters (lactones) is 2. The number of hydrogen-bond acceptors (Lipinski definition) is 3. The molecule has 1 aromatic rings. The molecule has 1 saturated heterocycles. The highest BCUT2D eigenvalue weighted by Crippen LogP contribution is 2.35. The molecule has 1 aromatic carbocycles. The van der Waals surface area contributed by atoms with Crippen molar-refractivity contribution in [1.29, 1.82) is 0 Å². The van der Waals surface area contributed by atoms with Gasteiger partial charge in [-0.1, -0.05) is 19.1 Å². The van der Waals surface area contributed by atoms with Crippen LogP contribution in [0.25, 0.3) is 0 Å². The van der Waals surface area contributed by atoms with Crippen molar-refractivity contribution in [3.8, 4) is 0 Å². The van der Waals surface area contributed by atoms with Gasteiger partial charge in [0, 0.05) is 5.41 Å². The third kappa shape index (κ3) is 1.96. The Labute approximate surface area is 92.2 Å². The Kier molecular flexibility index (Phi) is 2.50. The average Bonchev–Trinajstić information content (AvgIpc) is 2.16. The van der Waals surface area contributed by atoms with Crippen LogP contribution in [0.3, 0.4) is 0 Å². The number of ether oxygens (including phenoxy) is 1. The van der Waals surface area contributed by atoms with Gasteiger partial charge >= 0.3 is 11.9 Å². The van der Waals surface area contributed by atoms with E-state index in [0.29, 0.717) is 0 Å². The zero-order valence-electron chi connectivity index (χ0n) is 8.83. The summed E-state index contributed by atoms with van der Waals surface area (Å²) in [6.07, 6.45) is 0.286. The monoisotopic (exact) mass is 222 g/mol. The maximum absolute atomic E-state index is 12.8. The fourth-order valence-electron chi connectivity index (χ4n) is 1.96. The van der Waals surface area contributed by atoms with Crippen LogP contribution in [-0.2, 0) is 19.7 Å². The number of carbonyl (C=O) groups excluding carboxylic acids is 2. The van der Waals surface area contributed by atoms with Crippen molar-refractivity contribution in [2.75, 3.05) is 0 Å². The highest BCUT2D eigenvalue weighted by Gasteiger charge is 2.38. The van der Waals surface area contributed by atoms with E-state index >= 15 is 0 Å². The van der Waals surface area contributed by atoms with Crippen LogP contribution in [0.5, 0.6) is 0 Å². The molecule has 84 valence electrons. The van der Waals surface area contributed by atoms with Crippen molar-refractivity contribution < 1.29 is 18.7 Å². The first-order valence-corrected chi connectivity index (χ1v) is 4.99. The van der Waals surface area contributed by atoms with Gasteiger partial charge in [-0.05, 0) is 17.7 Å². The SMILES string of the molecule is CC1(c2ccc(F)cc2)CC(=O)OC(=O)C1. The quantitative estimate of drug-likeness (QED) is 0.538. The van der Waals surface area contributed by atoms with Gasteiger partial charge in [-0.3, -0.25) is 9.59 Å². The number of rotatable bonds is 1. The number of benzene rings is 1. The molecule has 1 heterocycles. The summed E-state index contributed by atoms with van der Waals surface area (Å²) >= 11 is 0. The Hall–Kier alpha value is -1.71. The first kappa shape index (κ1) is 10.8. The molecule has 0 spiro atoms. The second-order valence-electron chi connectivity index (χ2n) is 4.27. The Morgan fingerprint density at radius 2 is 1.62 bits per heavy atom. The van der Waals surface area contributed by atoms with Crippen LogP contribution in [0.1, 0.15) is 25.3 Å². The van der Waals surface area contributed by atoms with Crippen molar-refractivity contribution in [3.05, 3.63) is 35.6 Å². The molecular weight excluding hydrogens is 211 g/mol. The Morgan fingerprint density at radius 3 is 2.12 bits per heavy atom.